The van der Waals surface area contributed by atoms with E-state index < -0.39 is 6.10 Å². The number of rotatable bonds is 5. The summed E-state index contributed by atoms with van der Waals surface area (Å²) in [5.74, 6) is 0. The van der Waals surface area contributed by atoms with E-state index in [2.05, 4.69) is 18.7 Å². The molecule has 1 rings (SSSR count). The number of nitrogens with zero attached hydrogens (tertiary/aromatic N) is 1. The molecule has 0 aromatic rings. The fourth-order valence-electron chi connectivity index (χ4n) is 1.79. The van der Waals surface area contributed by atoms with Gasteiger partial charge >= 0.3 is 0 Å². The molecular formula is C11H23NO3. The van der Waals surface area contributed by atoms with Crippen molar-refractivity contribution in [1.82, 2.24) is 4.90 Å². The van der Waals surface area contributed by atoms with Gasteiger partial charge in [0.05, 0.1) is 25.9 Å². The minimum atomic E-state index is -0.401. The lowest BCUT2D eigenvalue weighted by Gasteiger charge is -2.42. The minimum absolute atomic E-state index is 0.0193. The molecular weight excluding hydrogens is 194 g/mol. The number of hydrogen-bond acceptors (Lipinski definition) is 4. The van der Waals surface area contributed by atoms with Crippen molar-refractivity contribution in [1.29, 1.82) is 0 Å². The Morgan fingerprint density at radius 2 is 2.27 bits per heavy atom. The highest BCUT2D eigenvalue weighted by Crippen LogP contribution is 2.18. The molecule has 0 aliphatic carbocycles. The topological polar surface area (TPSA) is 41.9 Å². The van der Waals surface area contributed by atoms with Gasteiger partial charge < -0.3 is 14.6 Å². The highest BCUT2D eigenvalue weighted by molar-refractivity contribution is 4.85. The summed E-state index contributed by atoms with van der Waals surface area (Å²) in [5, 5.41) is 9.76. The van der Waals surface area contributed by atoms with Gasteiger partial charge in [-0.05, 0) is 20.8 Å². The summed E-state index contributed by atoms with van der Waals surface area (Å²) in [6.45, 7) is 10.3. The van der Waals surface area contributed by atoms with Crippen molar-refractivity contribution in [3.63, 3.8) is 0 Å². The molecule has 0 aromatic carbocycles. The van der Waals surface area contributed by atoms with Crippen LogP contribution in [0.5, 0.6) is 0 Å². The molecule has 4 heteroatoms. The molecule has 1 fully saturated rings. The third-order valence-electron chi connectivity index (χ3n) is 2.76. The van der Waals surface area contributed by atoms with Gasteiger partial charge in [0.2, 0.25) is 0 Å². The van der Waals surface area contributed by atoms with Crippen LogP contribution in [0.2, 0.25) is 0 Å². The molecule has 1 N–H and O–H groups in total. The standard InChI is InChI=1S/C11H23NO3/c1-4-14-8-10(13)7-12-5-6-15-9-11(12,2)3/h10,13H,4-9H2,1-3H3. The Labute approximate surface area is 92.2 Å². The number of aliphatic hydroxyl groups is 1. The molecule has 0 radical (unpaired) electrons. The van der Waals surface area contributed by atoms with Gasteiger partial charge in [-0.3, -0.25) is 4.90 Å². The molecule has 0 amide bonds. The van der Waals surface area contributed by atoms with Crippen LogP contribution in [0.1, 0.15) is 20.8 Å². The molecule has 0 bridgehead atoms. The molecule has 1 atom stereocenters. The zero-order chi connectivity index (χ0) is 11.3. The maximum Gasteiger partial charge on any atom is 0.0900 e. The Hall–Kier alpha value is -0.160. The number of ether oxygens (including phenoxy) is 2. The smallest absolute Gasteiger partial charge is 0.0900 e. The molecule has 1 heterocycles. The molecule has 0 spiro atoms. The van der Waals surface area contributed by atoms with Crippen LogP contribution in [0, 0.1) is 0 Å². The van der Waals surface area contributed by atoms with Crippen LogP contribution < -0.4 is 0 Å². The zero-order valence-electron chi connectivity index (χ0n) is 10.0. The molecule has 15 heavy (non-hydrogen) atoms. The second-order valence-electron chi connectivity index (χ2n) is 4.62. The van der Waals surface area contributed by atoms with E-state index >= 15 is 0 Å². The zero-order valence-corrected chi connectivity index (χ0v) is 10.0. The van der Waals surface area contributed by atoms with Crippen LogP contribution in [0.3, 0.4) is 0 Å². The SMILES string of the molecule is CCOCC(O)CN1CCOCC1(C)C. The first-order valence-electron chi connectivity index (χ1n) is 5.65. The maximum atomic E-state index is 9.76. The van der Waals surface area contributed by atoms with Crippen LogP contribution in [0.4, 0.5) is 0 Å². The largest absolute Gasteiger partial charge is 0.389 e. The Morgan fingerprint density at radius 1 is 1.53 bits per heavy atom. The summed E-state index contributed by atoms with van der Waals surface area (Å²) in [6, 6.07) is 0. The Kier molecular flexibility index (Phi) is 4.99. The molecule has 1 unspecified atom stereocenters. The third kappa shape index (κ3) is 4.07. The number of aliphatic hydroxyl groups excluding tert-OH is 1. The molecule has 0 saturated carbocycles. The number of β-amino-alcohol motifs (C(OH)–C–C–N with tert-alkyl or cyclic N) is 1. The van der Waals surface area contributed by atoms with E-state index in [4.69, 9.17) is 9.47 Å². The third-order valence-corrected chi connectivity index (χ3v) is 2.76. The number of morpholine rings is 1. The van der Waals surface area contributed by atoms with Crippen molar-refractivity contribution in [3.05, 3.63) is 0 Å². The highest BCUT2D eigenvalue weighted by atomic mass is 16.5. The van der Waals surface area contributed by atoms with Crippen LogP contribution in [0.15, 0.2) is 0 Å². The number of hydrogen-bond donors (Lipinski definition) is 1. The minimum Gasteiger partial charge on any atom is -0.389 e. The van der Waals surface area contributed by atoms with Crippen molar-refractivity contribution < 1.29 is 14.6 Å². The fourth-order valence-corrected chi connectivity index (χ4v) is 1.79. The average Bonchev–Trinajstić information content (AvgIpc) is 2.18. The summed E-state index contributed by atoms with van der Waals surface area (Å²) >= 11 is 0. The molecule has 1 aliphatic rings. The van der Waals surface area contributed by atoms with E-state index in [-0.39, 0.29) is 5.54 Å². The van der Waals surface area contributed by atoms with Gasteiger partial charge in [0.1, 0.15) is 0 Å². The van der Waals surface area contributed by atoms with Gasteiger partial charge in [0, 0.05) is 25.2 Å². The summed E-state index contributed by atoms with van der Waals surface area (Å²) in [5.41, 5.74) is 0.0193. The predicted octanol–water partition coefficient (Wildman–Crippen LogP) is 0.495. The summed E-state index contributed by atoms with van der Waals surface area (Å²) in [7, 11) is 0. The lowest BCUT2D eigenvalue weighted by Crippen LogP contribution is -2.55. The Bertz CT molecular complexity index is 185. The molecule has 0 aromatic heterocycles. The van der Waals surface area contributed by atoms with Crippen molar-refractivity contribution in [2.24, 2.45) is 0 Å². The molecule has 4 nitrogen and oxygen atoms in total. The van der Waals surface area contributed by atoms with E-state index in [1.807, 2.05) is 6.92 Å². The Morgan fingerprint density at radius 3 is 2.87 bits per heavy atom. The van der Waals surface area contributed by atoms with E-state index in [1.165, 1.54) is 0 Å². The van der Waals surface area contributed by atoms with Crippen LogP contribution in [-0.2, 0) is 9.47 Å². The summed E-state index contributed by atoms with van der Waals surface area (Å²) < 4.78 is 10.6. The highest BCUT2D eigenvalue weighted by Gasteiger charge is 2.31. The molecule has 1 aliphatic heterocycles. The van der Waals surface area contributed by atoms with Crippen LogP contribution in [-0.4, -0.2) is 61.2 Å². The van der Waals surface area contributed by atoms with Gasteiger partial charge in [0.15, 0.2) is 0 Å². The first-order valence-corrected chi connectivity index (χ1v) is 5.65. The maximum absolute atomic E-state index is 9.76. The quantitative estimate of drug-likeness (QED) is 0.728. The van der Waals surface area contributed by atoms with Gasteiger partial charge in [-0.1, -0.05) is 0 Å². The van der Waals surface area contributed by atoms with Gasteiger partial charge in [-0.15, -0.1) is 0 Å². The monoisotopic (exact) mass is 217 g/mol. The fraction of sp³-hybridized carbons (Fsp3) is 1.00. The van der Waals surface area contributed by atoms with Crippen molar-refractivity contribution in [2.75, 3.05) is 39.5 Å². The first-order chi connectivity index (χ1) is 7.06. The van der Waals surface area contributed by atoms with Crippen molar-refractivity contribution in [3.8, 4) is 0 Å². The van der Waals surface area contributed by atoms with Crippen LogP contribution in [0.25, 0.3) is 0 Å². The molecule has 1 saturated heterocycles. The lowest BCUT2D eigenvalue weighted by atomic mass is 10.0. The Balaban J connectivity index is 2.34. The summed E-state index contributed by atoms with van der Waals surface area (Å²) in [6.07, 6.45) is -0.401. The van der Waals surface area contributed by atoms with Gasteiger partial charge in [-0.2, -0.15) is 0 Å². The normalized spacial score (nSPS) is 24.0. The second-order valence-corrected chi connectivity index (χ2v) is 4.62. The van der Waals surface area contributed by atoms with Gasteiger partial charge in [-0.25, -0.2) is 0 Å². The lowest BCUT2D eigenvalue weighted by molar-refractivity contribution is -0.0755. The van der Waals surface area contributed by atoms with E-state index in [1.54, 1.807) is 0 Å². The summed E-state index contributed by atoms with van der Waals surface area (Å²) in [4.78, 5) is 2.26. The van der Waals surface area contributed by atoms with Crippen molar-refractivity contribution >= 4 is 0 Å². The van der Waals surface area contributed by atoms with E-state index in [0.717, 1.165) is 19.8 Å². The average molecular weight is 217 g/mol. The van der Waals surface area contributed by atoms with Gasteiger partial charge in [0.25, 0.3) is 0 Å². The van der Waals surface area contributed by atoms with Crippen molar-refractivity contribution in [2.45, 2.75) is 32.4 Å². The van der Waals surface area contributed by atoms with E-state index in [9.17, 15) is 5.11 Å². The predicted molar refractivity (Wildman–Crippen MR) is 59.0 cm³/mol. The first kappa shape index (κ1) is 12.9. The second kappa shape index (κ2) is 5.80. The van der Waals surface area contributed by atoms with E-state index in [0.29, 0.717) is 19.8 Å². The van der Waals surface area contributed by atoms with Crippen LogP contribution >= 0.6 is 0 Å². The molecule has 90 valence electrons.